The molecule has 0 N–H and O–H groups in total. The molecule has 0 saturated carbocycles. The second-order valence-corrected chi connectivity index (χ2v) is 7.35. The minimum Gasteiger partial charge on any atom is -0.383 e. The summed E-state index contributed by atoms with van der Waals surface area (Å²) in [5, 5.41) is 4.40. The minimum atomic E-state index is -0.0367. The maximum absolute atomic E-state index is 13.0. The fourth-order valence-electron chi connectivity index (χ4n) is 3.26. The molecular weight excluding hydrogens is 302 g/mol. The number of rotatable bonds is 4. The van der Waals surface area contributed by atoms with Crippen LogP contribution in [-0.2, 0) is 11.3 Å². The average Bonchev–Trinajstić information content (AvgIpc) is 3.16. The Balaban J connectivity index is 1.87. The minimum absolute atomic E-state index is 0.0367. The Labute approximate surface area is 143 Å². The number of methoxy groups -OCH3 is 1. The second kappa shape index (κ2) is 6.40. The van der Waals surface area contributed by atoms with Crippen LogP contribution in [0.15, 0.2) is 36.5 Å². The summed E-state index contributed by atoms with van der Waals surface area (Å²) >= 11 is 0. The highest BCUT2D eigenvalue weighted by Gasteiger charge is 2.39. The lowest BCUT2D eigenvalue weighted by molar-refractivity contribution is 0.0979. The number of amides is 1. The summed E-state index contributed by atoms with van der Waals surface area (Å²) in [6, 6.07) is 9.98. The molecule has 1 atom stereocenters. The predicted octanol–water partition coefficient (Wildman–Crippen LogP) is 3.32. The standard InChI is InChI=1S/C19H25N3O2/c1-19(2,3)15-13-22(17-8-6-5-7-14(15)17)18(23)16-9-10-21(20-16)11-12-24-4/h5-10,15H,11-13H2,1-4H3/t15-/m1/s1. The molecule has 0 bridgehead atoms. The van der Waals surface area contributed by atoms with Gasteiger partial charge in [0, 0.05) is 31.5 Å². The lowest BCUT2D eigenvalue weighted by Gasteiger charge is -2.27. The zero-order chi connectivity index (χ0) is 17.3. The van der Waals surface area contributed by atoms with Crippen molar-refractivity contribution in [3.8, 4) is 0 Å². The van der Waals surface area contributed by atoms with Crippen LogP contribution in [0.25, 0.3) is 0 Å². The molecule has 0 spiro atoms. The summed E-state index contributed by atoms with van der Waals surface area (Å²) < 4.78 is 6.81. The molecule has 3 rings (SSSR count). The van der Waals surface area contributed by atoms with Crippen molar-refractivity contribution in [1.29, 1.82) is 0 Å². The largest absolute Gasteiger partial charge is 0.383 e. The topological polar surface area (TPSA) is 47.4 Å². The van der Waals surface area contributed by atoms with Crippen molar-refractivity contribution < 1.29 is 9.53 Å². The number of benzene rings is 1. The Morgan fingerprint density at radius 3 is 2.75 bits per heavy atom. The van der Waals surface area contributed by atoms with Crippen molar-refractivity contribution in [2.24, 2.45) is 5.41 Å². The number of para-hydroxylation sites is 1. The van der Waals surface area contributed by atoms with Crippen molar-refractivity contribution >= 4 is 11.6 Å². The lowest BCUT2D eigenvalue weighted by Crippen LogP contribution is -2.32. The Kier molecular flexibility index (Phi) is 4.45. The first-order chi connectivity index (χ1) is 11.4. The number of nitrogens with zero attached hydrogens (tertiary/aromatic N) is 3. The van der Waals surface area contributed by atoms with E-state index in [9.17, 15) is 4.79 Å². The number of hydrogen-bond acceptors (Lipinski definition) is 3. The van der Waals surface area contributed by atoms with Gasteiger partial charge in [0.15, 0.2) is 5.69 Å². The normalized spacial score (nSPS) is 17.2. The van der Waals surface area contributed by atoms with E-state index < -0.39 is 0 Å². The molecule has 0 radical (unpaired) electrons. The summed E-state index contributed by atoms with van der Waals surface area (Å²) in [4.78, 5) is 14.9. The first-order valence-corrected chi connectivity index (χ1v) is 8.35. The van der Waals surface area contributed by atoms with E-state index in [2.05, 4.69) is 31.9 Å². The highest BCUT2D eigenvalue weighted by molar-refractivity contribution is 6.06. The highest BCUT2D eigenvalue weighted by atomic mass is 16.5. The summed E-state index contributed by atoms with van der Waals surface area (Å²) in [5.41, 5.74) is 2.84. The van der Waals surface area contributed by atoms with Crippen molar-refractivity contribution in [2.45, 2.75) is 33.2 Å². The third-order valence-corrected chi connectivity index (χ3v) is 4.64. The van der Waals surface area contributed by atoms with Crippen LogP contribution in [0.4, 0.5) is 5.69 Å². The van der Waals surface area contributed by atoms with E-state index in [1.54, 1.807) is 17.9 Å². The van der Waals surface area contributed by atoms with Gasteiger partial charge in [-0.05, 0) is 23.1 Å². The van der Waals surface area contributed by atoms with Gasteiger partial charge in [-0.25, -0.2) is 0 Å². The van der Waals surface area contributed by atoms with Gasteiger partial charge in [-0.3, -0.25) is 9.48 Å². The van der Waals surface area contributed by atoms with Gasteiger partial charge < -0.3 is 9.64 Å². The van der Waals surface area contributed by atoms with Gasteiger partial charge >= 0.3 is 0 Å². The number of aromatic nitrogens is 2. The van der Waals surface area contributed by atoms with Gasteiger partial charge in [-0.2, -0.15) is 5.10 Å². The molecule has 2 heterocycles. The molecule has 5 heteroatoms. The van der Waals surface area contributed by atoms with Crippen LogP contribution in [-0.4, -0.2) is 35.9 Å². The van der Waals surface area contributed by atoms with Gasteiger partial charge in [0.05, 0.1) is 13.2 Å². The van der Waals surface area contributed by atoms with Crippen LogP contribution in [0.1, 0.15) is 42.7 Å². The lowest BCUT2D eigenvalue weighted by atomic mass is 9.78. The van der Waals surface area contributed by atoms with Crippen LogP contribution in [0.3, 0.4) is 0 Å². The van der Waals surface area contributed by atoms with E-state index in [0.717, 1.165) is 5.69 Å². The molecule has 1 aromatic heterocycles. The number of fused-ring (bicyclic) bond motifs is 1. The number of hydrogen-bond donors (Lipinski definition) is 0. The van der Waals surface area contributed by atoms with Crippen LogP contribution < -0.4 is 4.90 Å². The Morgan fingerprint density at radius 2 is 2.04 bits per heavy atom. The molecule has 0 fully saturated rings. The molecule has 2 aromatic rings. The van der Waals surface area contributed by atoms with Gasteiger partial charge in [0.25, 0.3) is 5.91 Å². The van der Waals surface area contributed by atoms with E-state index in [1.807, 2.05) is 29.3 Å². The Morgan fingerprint density at radius 1 is 1.29 bits per heavy atom. The smallest absolute Gasteiger partial charge is 0.278 e. The maximum atomic E-state index is 13.0. The third kappa shape index (κ3) is 3.08. The Hall–Kier alpha value is -2.14. The van der Waals surface area contributed by atoms with Gasteiger partial charge in [0.1, 0.15) is 0 Å². The summed E-state index contributed by atoms with van der Waals surface area (Å²) in [7, 11) is 1.66. The van der Waals surface area contributed by atoms with Crippen molar-refractivity contribution in [3.05, 3.63) is 47.8 Å². The van der Waals surface area contributed by atoms with E-state index in [-0.39, 0.29) is 11.3 Å². The van der Waals surface area contributed by atoms with Gasteiger partial charge in [-0.15, -0.1) is 0 Å². The van der Waals surface area contributed by atoms with Crippen LogP contribution in [0, 0.1) is 5.41 Å². The molecule has 0 aliphatic carbocycles. The highest BCUT2D eigenvalue weighted by Crippen LogP contribution is 2.45. The van der Waals surface area contributed by atoms with Gasteiger partial charge in [0.2, 0.25) is 0 Å². The SMILES string of the molecule is COCCn1ccc(C(=O)N2C[C@@H](C(C)(C)C)c3ccccc32)n1. The molecule has 0 unspecified atom stereocenters. The molecule has 128 valence electrons. The fourth-order valence-corrected chi connectivity index (χ4v) is 3.26. The van der Waals surface area contributed by atoms with Crippen molar-refractivity contribution in [3.63, 3.8) is 0 Å². The zero-order valence-electron chi connectivity index (χ0n) is 14.8. The van der Waals surface area contributed by atoms with Crippen LogP contribution in [0.2, 0.25) is 0 Å². The van der Waals surface area contributed by atoms with Crippen LogP contribution in [0.5, 0.6) is 0 Å². The van der Waals surface area contributed by atoms with E-state index in [4.69, 9.17) is 4.74 Å². The van der Waals surface area contributed by atoms with E-state index in [0.29, 0.717) is 31.3 Å². The predicted molar refractivity (Wildman–Crippen MR) is 94.4 cm³/mol. The van der Waals surface area contributed by atoms with Gasteiger partial charge in [-0.1, -0.05) is 39.0 Å². The quantitative estimate of drug-likeness (QED) is 0.865. The molecule has 1 aliphatic rings. The molecular formula is C19H25N3O2. The monoisotopic (exact) mass is 327 g/mol. The molecule has 1 aromatic carbocycles. The molecule has 0 saturated heterocycles. The molecule has 5 nitrogen and oxygen atoms in total. The molecule has 1 amide bonds. The zero-order valence-corrected chi connectivity index (χ0v) is 14.8. The van der Waals surface area contributed by atoms with E-state index >= 15 is 0 Å². The van der Waals surface area contributed by atoms with Crippen molar-refractivity contribution in [2.75, 3.05) is 25.2 Å². The Bertz CT molecular complexity index is 730. The summed E-state index contributed by atoms with van der Waals surface area (Å²) in [6.07, 6.45) is 1.83. The second-order valence-electron chi connectivity index (χ2n) is 7.35. The van der Waals surface area contributed by atoms with Crippen LogP contribution >= 0.6 is 0 Å². The van der Waals surface area contributed by atoms with Crippen molar-refractivity contribution in [1.82, 2.24) is 9.78 Å². The first-order valence-electron chi connectivity index (χ1n) is 8.35. The fraction of sp³-hybridized carbons (Fsp3) is 0.474. The average molecular weight is 327 g/mol. The number of carbonyl (C=O) groups excluding carboxylic acids is 1. The molecule has 24 heavy (non-hydrogen) atoms. The third-order valence-electron chi connectivity index (χ3n) is 4.64. The maximum Gasteiger partial charge on any atom is 0.278 e. The number of anilines is 1. The summed E-state index contributed by atoms with van der Waals surface area (Å²) in [6.45, 7) is 8.59. The summed E-state index contributed by atoms with van der Waals surface area (Å²) in [5.74, 6) is 0.290. The first kappa shape index (κ1) is 16.7. The molecule has 1 aliphatic heterocycles. The van der Waals surface area contributed by atoms with E-state index in [1.165, 1.54) is 5.56 Å². The number of ether oxygens (including phenoxy) is 1. The number of carbonyl (C=O) groups is 1.